The fourth-order valence-corrected chi connectivity index (χ4v) is 6.05. The van der Waals surface area contributed by atoms with Crippen molar-refractivity contribution in [3.63, 3.8) is 0 Å². The maximum Gasteiger partial charge on any atom is 0.229 e. The van der Waals surface area contributed by atoms with E-state index in [9.17, 15) is 13.2 Å². The van der Waals surface area contributed by atoms with Gasteiger partial charge in [0, 0.05) is 12.0 Å². The number of nitrogens with one attached hydrogen (secondary N) is 2. The van der Waals surface area contributed by atoms with Gasteiger partial charge in [0.25, 0.3) is 0 Å². The van der Waals surface area contributed by atoms with Crippen molar-refractivity contribution in [1.82, 2.24) is 10.2 Å². The first kappa shape index (κ1) is 16.1. The van der Waals surface area contributed by atoms with Gasteiger partial charge in [-0.05, 0) is 36.8 Å². The van der Waals surface area contributed by atoms with Crippen molar-refractivity contribution >= 4 is 44.5 Å². The number of amides is 1. The molecule has 1 aliphatic heterocycles. The molecule has 24 heavy (non-hydrogen) atoms. The number of aromatic nitrogens is 2. The predicted octanol–water partition coefficient (Wildman–Crippen LogP) is 2.95. The van der Waals surface area contributed by atoms with Gasteiger partial charge in [-0.3, -0.25) is 9.89 Å². The van der Waals surface area contributed by atoms with Gasteiger partial charge in [0.2, 0.25) is 5.91 Å². The van der Waals surface area contributed by atoms with Gasteiger partial charge in [-0.15, -0.1) is 11.3 Å². The second-order valence-corrected chi connectivity index (χ2v) is 10.5. The molecule has 0 radical (unpaired) electrons. The van der Waals surface area contributed by atoms with Crippen LogP contribution in [-0.2, 0) is 14.6 Å². The van der Waals surface area contributed by atoms with Gasteiger partial charge < -0.3 is 5.32 Å². The highest BCUT2D eigenvalue weighted by Gasteiger charge is 2.59. The summed E-state index contributed by atoms with van der Waals surface area (Å²) in [5.41, 5.74) is 0.687. The van der Waals surface area contributed by atoms with Crippen LogP contribution in [0.15, 0.2) is 18.2 Å². The summed E-state index contributed by atoms with van der Waals surface area (Å²) in [5.74, 6) is 0.691. The summed E-state index contributed by atoms with van der Waals surface area (Å²) in [6, 6.07) is 5.48. The molecule has 2 aliphatic rings. The van der Waals surface area contributed by atoms with Crippen molar-refractivity contribution in [2.75, 3.05) is 16.8 Å². The third-order valence-electron chi connectivity index (χ3n) is 5.00. The molecule has 1 amide bonds. The van der Waals surface area contributed by atoms with Crippen LogP contribution in [0.5, 0.6) is 0 Å². The van der Waals surface area contributed by atoms with Crippen molar-refractivity contribution in [3.8, 4) is 10.6 Å². The molecule has 4 rings (SSSR count). The highest BCUT2D eigenvalue weighted by Crippen LogP contribution is 2.60. The van der Waals surface area contributed by atoms with E-state index < -0.39 is 9.84 Å². The van der Waals surface area contributed by atoms with Crippen molar-refractivity contribution in [1.29, 1.82) is 0 Å². The third kappa shape index (κ3) is 2.98. The summed E-state index contributed by atoms with van der Waals surface area (Å²) in [5, 5.41) is 9.84. The lowest BCUT2D eigenvalue weighted by Gasteiger charge is -2.22. The lowest BCUT2D eigenvalue weighted by molar-refractivity contribution is -0.118. The first-order chi connectivity index (χ1) is 11.4. The van der Waals surface area contributed by atoms with Crippen LogP contribution in [0.1, 0.15) is 19.3 Å². The van der Waals surface area contributed by atoms with Gasteiger partial charge >= 0.3 is 0 Å². The van der Waals surface area contributed by atoms with Crippen LogP contribution in [0.25, 0.3) is 10.6 Å². The Morgan fingerprint density at radius 3 is 2.79 bits per heavy atom. The predicted molar refractivity (Wildman–Crippen MR) is 94.0 cm³/mol. The molecule has 1 atom stereocenters. The van der Waals surface area contributed by atoms with Crippen molar-refractivity contribution < 1.29 is 13.2 Å². The highest BCUT2D eigenvalue weighted by molar-refractivity contribution is 7.91. The number of carbonyl (C=O) groups excluding carboxylic acids is 1. The number of halogens is 1. The van der Waals surface area contributed by atoms with E-state index in [2.05, 4.69) is 15.5 Å². The average Bonchev–Trinajstić information content (AvgIpc) is 2.83. The summed E-state index contributed by atoms with van der Waals surface area (Å²) in [6.45, 7) is 0. The Hall–Kier alpha value is -1.38. The maximum atomic E-state index is 12.4. The largest absolute Gasteiger partial charge is 0.309 e. The van der Waals surface area contributed by atoms with E-state index in [4.69, 9.17) is 11.6 Å². The molecule has 2 fully saturated rings. The van der Waals surface area contributed by atoms with E-state index in [1.165, 1.54) is 11.3 Å². The van der Waals surface area contributed by atoms with Gasteiger partial charge in [-0.1, -0.05) is 11.6 Å². The number of thiophene rings is 1. The topological polar surface area (TPSA) is 91.9 Å². The van der Waals surface area contributed by atoms with Crippen LogP contribution in [0.4, 0.5) is 5.82 Å². The molecule has 6 nitrogen and oxygen atoms in total. The molecular formula is C15H16ClN3O3S2. The van der Waals surface area contributed by atoms with E-state index >= 15 is 0 Å². The van der Waals surface area contributed by atoms with Crippen LogP contribution in [0.3, 0.4) is 0 Å². The lowest BCUT2D eigenvalue weighted by Crippen LogP contribution is -2.28. The second kappa shape index (κ2) is 5.57. The minimum atomic E-state index is -2.91. The Labute approximate surface area is 148 Å². The number of aromatic amines is 1. The Balaban J connectivity index is 1.40. The zero-order chi connectivity index (χ0) is 16.9. The van der Waals surface area contributed by atoms with Crippen LogP contribution in [-0.4, -0.2) is 36.0 Å². The summed E-state index contributed by atoms with van der Waals surface area (Å²) < 4.78 is 23.8. The molecule has 128 valence electrons. The maximum absolute atomic E-state index is 12.4. The van der Waals surface area contributed by atoms with E-state index in [1.807, 2.05) is 12.1 Å². The Bertz CT molecular complexity index is 889. The van der Waals surface area contributed by atoms with Crippen LogP contribution < -0.4 is 5.32 Å². The standard InChI is InChI=1S/C15H16ClN3O3S2/c16-12-2-1-11(23-12)10-7-13(19-18-10)17-14(20)9-8-15(9)3-5-24(21,22)6-4-15/h1-2,7,9H,3-6,8H2,(H2,17,18,19,20). The number of anilines is 1. The fourth-order valence-electron chi connectivity index (χ4n) is 3.40. The minimum absolute atomic E-state index is 0.0726. The molecule has 0 bridgehead atoms. The minimum Gasteiger partial charge on any atom is -0.309 e. The van der Waals surface area contributed by atoms with Gasteiger partial charge in [0.1, 0.15) is 9.84 Å². The Morgan fingerprint density at radius 2 is 2.12 bits per heavy atom. The molecule has 9 heteroatoms. The Morgan fingerprint density at radius 1 is 1.38 bits per heavy atom. The molecule has 1 spiro atoms. The summed E-state index contributed by atoms with van der Waals surface area (Å²) in [6.07, 6.45) is 1.95. The van der Waals surface area contributed by atoms with Crippen molar-refractivity contribution in [3.05, 3.63) is 22.5 Å². The molecule has 2 aromatic heterocycles. The number of nitrogens with zero attached hydrogens (tertiary/aromatic N) is 1. The molecule has 1 unspecified atom stereocenters. The summed E-state index contributed by atoms with van der Waals surface area (Å²) in [7, 11) is -2.91. The van der Waals surface area contributed by atoms with Gasteiger partial charge in [0.05, 0.1) is 26.4 Å². The number of carbonyl (C=O) groups is 1. The molecule has 0 aromatic carbocycles. The molecule has 1 saturated carbocycles. The Kier molecular flexibility index (Phi) is 3.74. The normalized spacial score (nSPS) is 24.0. The zero-order valence-electron chi connectivity index (χ0n) is 12.7. The first-order valence-corrected chi connectivity index (χ1v) is 10.7. The molecule has 3 heterocycles. The summed E-state index contributed by atoms with van der Waals surface area (Å²) in [4.78, 5) is 13.4. The average molecular weight is 386 g/mol. The molecule has 1 aliphatic carbocycles. The monoisotopic (exact) mass is 385 g/mol. The molecule has 2 aromatic rings. The van der Waals surface area contributed by atoms with Gasteiger partial charge in [-0.25, -0.2) is 8.42 Å². The van der Waals surface area contributed by atoms with Crippen LogP contribution >= 0.6 is 22.9 Å². The van der Waals surface area contributed by atoms with E-state index in [0.717, 1.165) is 17.0 Å². The first-order valence-electron chi connectivity index (χ1n) is 7.69. The smallest absolute Gasteiger partial charge is 0.229 e. The molecule has 2 N–H and O–H groups in total. The number of hydrogen-bond donors (Lipinski definition) is 2. The molecule has 1 saturated heterocycles. The molecular weight excluding hydrogens is 370 g/mol. The van der Waals surface area contributed by atoms with Crippen molar-refractivity contribution in [2.24, 2.45) is 11.3 Å². The summed E-state index contributed by atoms with van der Waals surface area (Å²) >= 11 is 7.36. The van der Waals surface area contributed by atoms with Crippen molar-refractivity contribution in [2.45, 2.75) is 19.3 Å². The van der Waals surface area contributed by atoms with E-state index in [0.29, 0.717) is 23.0 Å². The third-order valence-corrected chi connectivity index (χ3v) is 7.91. The number of H-pyrrole nitrogens is 1. The van der Waals surface area contributed by atoms with Crippen LogP contribution in [0, 0.1) is 11.3 Å². The van der Waals surface area contributed by atoms with Gasteiger partial charge in [-0.2, -0.15) is 5.10 Å². The SMILES string of the molecule is O=C(Nc1cc(-c2ccc(Cl)s2)[nH]n1)C1CC12CCS(=O)(=O)CC2. The number of rotatable bonds is 3. The van der Waals surface area contributed by atoms with Crippen LogP contribution in [0.2, 0.25) is 4.34 Å². The number of sulfone groups is 1. The lowest BCUT2D eigenvalue weighted by atomic mass is 9.96. The van der Waals surface area contributed by atoms with E-state index in [-0.39, 0.29) is 28.7 Å². The zero-order valence-corrected chi connectivity index (χ0v) is 15.1. The number of hydrogen-bond acceptors (Lipinski definition) is 5. The highest BCUT2D eigenvalue weighted by atomic mass is 35.5. The quantitative estimate of drug-likeness (QED) is 0.849. The van der Waals surface area contributed by atoms with E-state index in [1.54, 1.807) is 6.07 Å². The van der Waals surface area contributed by atoms with Gasteiger partial charge in [0.15, 0.2) is 5.82 Å². The fraction of sp³-hybridized carbons (Fsp3) is 0.467. The second-order valence-electron chi connectivity index (χ2n) is 6.53.